The van der Waals surface area contributed by atoms with Crippen molar-refractivity contribution >= 4 is 23.4 Å². The lowest BCUT2D eigenvalue weighted by Gasteiger charge is -2.04. The van der Waals surface area contributed by atoms with Gasteiger partial charge < -0.3 is 5.32 Å². The lowest BCUT2D eigenvalue weighted by molar-refractivity contribution is -0.118. The van der Waals surface area contributed by atoms with Crippen molar-refractivity contribution in [3.8, 4) is 0 Å². The lowest BCUT2D eigenvalue weighted by Crippen LogP contribution is -2.27. The van der Waals surface area contributed by atoms with E-state index < -0.39 is 0 Å². The fourth-order valence-corrected chi connectivity index (χ4v) is 3.04. The Morgan fingerprint density at radius 2 is 2.00 bits per heavy atom. The molecule has 0 aliphatic rings. The number of aromatic nitrogens is 4. The van der Waals surface area contributed by atoms with E-state index >= 15 is 0 Å². The highest BCUT2D eigenvalue weighted by Crippen LogP contribution is 2.15. The number of aryl methyl sites for hydroxylation is 2. The molecule has 2 aromatic heterocycles. The second-order valence-electron chi connectivity index (χ2n) is 5.66. The summed E-state index contributed by atoms with van der Waals surface area (Å²) in [5.41, 5.74) is 2.81. The lowest BCUT2D eigenvalue weighted by atomic mass is 10.1. The van der Waals surface area contributed by atoms with Gasteiger partial charge in [0, 0.05) is 17.9 Å². The van der Waals surface area contributed by atoms with Crippen molar-refractivity contribution in [3.63, 3.8) is 0 Å². The molecule has 1 aromatic carbocycles. The third kappa shape index (κ3) is 4.54. The summed E-state index contributed by atoms with van der Waals surface area (Å²) < 4.78 is 14.5. The van der Waals surface area contributed by atoms with E-state index in [1.807, 2.05) is 19.9 Å². The molecule has 8 heteroatoms. The average molecular weight is 359 g/mol. The van der Waals surface area contributed by atoms with E-state index in [1.54, 1.807) is 16.6 Å². The van der Waals surface area contributed by atoms with Gasteiger partial charge in [0.25, 0.3) is 5.78 Å². The molecule has 0 aliphatic carbocycles. The largest absolute Gasteiger partial charge is 0.355 e. The van der Waals surface area contributed by atoms with Gasteiger partial charge >= 0.3 is 0 Å². The molecule has 25 heavy (non-hydrogen) atoms. The number of thioether (sulfide) groups is 1. The van der Waals surface area contributed by atoms with Crippen LogP contribution in [0.15, 0.2) is 35.5 Å². The van der Waals surface area contributed by atoms with Gasteiger partial charge in [0.15, 0.2) is 0 Å². The van der Waals surface area contributed by atoms with Gasteiger partial charge in [-0.15, -0.1) is 5.10 Å². The predicted octanol–water partition coefficient (Wildman–Crippen LogP) is 2.33. The van der Waals surface area contributed by atoms with E-state index in [0.29, 0.717) is 23.9 Å². The fraction of sp³-hybridized carbons (Fsp3) is 0.294. The molecule has 0 radical (unpaired) electrons. The van der Waals surface area contributed by atoms with Crippen molar-refractivity contribution in [1.82, 2.24) is 24.9 Å². The summed E-state index contributed by atoms with van der Waals surface area (Å²) in [5, 5.41) is 7.71. The van der Waals surface area contributed by atoms with Gasteiger partial charge in [-0.05, 0) is 44.0 Å². The molecule has 130 valence electrons. The summed E-state index contributed by atoms with van der Waals surface area (Å²) in [7, 11) is 0. The van der Waals surface area contributed by atoms with E-state index in [0.717, 1.165) is 17.0 Å². The first-order valence-electron chi connectivity index (χ1n) is 7.86. The minimum Gasteiger partial charge on any atom is -0.355 e. The van der Waals surface area contributed by atoms with Crippen LogP contribution in [-0.2, 0) is 11.2 Å². The number of nitrogens with zero attached hydrogens (tertiary/aromatic N) is 4. The predicted molar refractivity (Wildman–Crippen MR) is 94.1 cm³/mol. The maximum Gasteiger partial charge on any atom is 0.253 e. The fourth-order valence-electron chi connectivity index (χ4n) is 2.39. The Labute approximate surface area is 148 Å². The summed E-state index contributed by atoms with van der Waals surface area (Å²) in [5.74, 6) is 0.422. The third-order valence-electron chi connectivity index (χ3n) is 3.58. The topological polar surface area (TPSA) is 72.2 Å². The van der Waals surface area contributed by atoms with Gasteiger partial charge in [0.05, 0.1) is 5.75 Å². The van der Waals surface area contributed by atoms with E-state index in [2.05, 4.69) is 20.4 Å². The molecule has 3 aromatic rings. The standard InChI is InChI=1S/C17H18FN5OS/c1-11-9-12(2)23-16(20-11)21-17(22-23)25-10-15(24)19-8-7-13-3-5-14(18)6-4-13/h3-6,9H,7-8,10H2,1-2H3,(H,19,24). The first-order valence-corrected chi connectivity index (χ1v) is 8.85. The molecule has 0 atom stereocenters. The minimum absolute atomic E-state index is 0.0909. The molecule has 0 bridgehead atoms. The smallest absolute Gasteiger partial charge is 0.253 e. The molecular weight excluding hydrogens is 341 g/mol. The van der Waals surface area contributed by atoms with E-state index in [1.165, 1.54) is 23.9 Å². The minimum atomic E-state index is -0.260. The maximum atomic E-state index is 12.8. The second-order valence-corrected chi connectivity index (χ2v) is 6.60. The molecule has 1 N–H and O–H groups in total. The highest BCUT2D eigenvalue weighted by molar-refractivity contribution is 7.99. The number of halogens is 1. The van der Waals surface area contributed by atoms with Crippen molar-refractivity contribution in [2.45, 2.75) is 25.4 Å². The van der Waals surface area contributed by atoms with E-state index in [-0.39, 0.29) is 17.5 Å². The zero-order valence-electron chi connectivity index (χ0n) is 14.0. The van der Waals surface area contributed by atoms with Gasteiger partial charge in [-0.2, -0.15) is 4.98 Å². The van der Waals surface area contributed by atoms with Crippen LogP contribution in [0.2, 0.25) is 0 Å². The Kier molecular flexibility index (Phi) is 5.28. The quantitative estimate of drug-likeness (QED) is 0.684. The Hall–Kier alpha value is -2.48. The van der Waals surface area contributed by atoms with E-state index in [4.69, 9.17) is 0 Å². The number of amides is 1. The van der Waals surface area contributed by atoms with Crippen molar-refractivity contribution < 1.29 is 9.18 Å². The third-order valence-corrected chi connectivity index (χ3v) is 4.42. The number of carbonyl (C=O) groups is 1. The summed E-state index contributed by atoms with van der Waals surface area (Å²) in [6, 6.07) is 8.19. The van der Waals surface area contributed by atoms with Gasteiger partial charge in [0.1, 0.15) is 5.82 Å². The molecule has 0 saturated carbocycles. The number of rotatable bonds is 6. The van der Waals surface area contributed by atoms with Crippen molar-refractivity contribution in [2.24, 2.45) is 0 Å². The molecular formula is C17H18FN5OS. The van der Waals surface area contributed by atoms with Crippen molar-refractivity contribution in [2.75, 3.05) is 12.3 Å². The summed E-state index contributed by atoms with van der Waals surface area (Å²) in [6.45, 7) is 4.35. The summed E-state index contributed by atoms with van der Waals surface area (Å²) in [6.07, 6.45) is 0.658. The van der Waals surface area contributed by atoms with Crippen LogP contribution in [0.3, 0.4) is 0 Å². The van der Waals surface area contributed by atoms with Crippen LogP contribution in [0.1, 0.15) is 17.0 Å². The Morgan fingerprint density at radius 3 is 2.76 bits per heavy atom. The number of hydrogen-bond acceptors (Lipinski definition) is 5. The summed E-state index contributed by atoms with van der Waals surface area (Å²) in [4.78, 5) is 20.6. The Morgan fingerprint density at radius 1 is 1.24 bits per heavy atom. The molecule has 0 unspecified atom stereocenters. The maximum absolute atomic E-state index is 12.8. The van der Waals surface area contributed by atoms with Gasteiger partial charge in [-0.1, -0.05) is 23.9 Å². The highest BCUT2D eigenvalue weighted by Gasteiger charge is 2.10. The first kappa shape index (κ1) is 17.3. The zero-order chi connectivity index (χ0) is 17.8. The summed E-state index contributed by atoms with van der Waals surface area (Å²) >= 11 is 1.27. The normalized spacial score (nSPS) is 11.0. The van der Waals surface area contributed by atoms with Crippen LogP contribution in [0.5, 0.6) is 0 Å². The van der Waals surface area contributed by atoms with Crippen molar-refractivity contribution in [3.05, 3.63) is 53.1 Å². The molecule has 0 fully saturated rings. The number of nitrogens with one attached hydrogen (secondary N) is 1. The Balaban J connectivity index is 1.49. The highest BCUT2D eigenvalue weighted by atomic mass is 32.2. The molecule has 0 saturated heterocycles. The SMILES string of the molecule is Cc1cc(C)n2nc(SCC(=O)NCCc3ccc(F)cc3)nc2n1. The zero-order valence-corrected chi connectivity index (χ0v) is 14.8. The van der Waals surface area contributed by atoms with Crippen molar-refractivity contribution in [1.29, 1.82) is 0 Å². The number of benzene rings is 1. The van der Waals surface area contributed by atoms with Crippen LogP contribution in [0.4, 0.5) is 4.39 Å². The van der Waals surface area contributed by atoms with Crippen LogP contribution >= 0.6 is 11.8 Å². The number of fused-ring (bicyclic) bond motifs is 1. The molecule has 0 aliphatic heterocycles. The molecule has 3 rings (SSSR count). The van der Waals surface area contributed by atoms with E-state index in [9.17, 15) is 9.18 Å². The van der Waals surface area contributed by atoms with Crippen LogP contribution in [-0.4, -0.2) is 37.8 Å². The number of carbonyl (C=O) groups excluding carboxylic acids is 1. The number of hydrogen-bond donors (Lipinski definition) is 1. The first-order chi connectivity index (χ1) is 12.0. The monoisotopic (exact) mass is 359 g/mol. The van der Waals surface area contributed by atoms with Crippen LogP contribution < -0.4 is 5.32 Å². The average Bonchev–Trinajstić information content (AvgIpc) is 2.98. The van der Waals surface area contributed by atoms with Crippen LogP contribution in [0.25, 0.3) is 5.78 Å². The van der Waals surface area contributed by atoms with Gasteiger partial charge in [-0.25, -0.2) is 13.9 Å². The second kappa shape index (κ2) is 7.60. The van der Waals surface area contributed by atoms with Gasteiger partial charge in [-0.3, -0.25) is 4.79 Å². The van der Waals surface area contributed by atoms with Gasteiger partial charge in [0.2, 0.25) is 11.1 Å². The van der Waals surface area contributed by atoms with Crippen LogP contribution in [0, 0.1) is 19.7 Å². The Bertz CT molecular complexity index is 894. The molecule has 6 nitrogen and oxygen atoms in total. The molecule has 2 heterocycles. The molecule has 1 amide bonds. The molecule has 0 spiro atoms.